The largest absolute Gasteiger partial charge is 0.480 e. The zero-order chi connectivity index (χ0) is 17.8. The first-order valence-corrected chi connectivity index (χ1v) is 8.71. The van der Waals surface area contributed by atoms with Gasteiger partial charge in [0.25, 0.3) is 5.91 Å². The maximum atomic E-state index is 12.8. The molecule has 4 nitrogen and oxygen atoms in total. The van der Waals surface area contributed by atoms with Crippen molar-refractivity contribution in [2.24, 2.45) is 0 Å². The molecule has 1 heterocycles. The third-order valence-corrected chi connectivity index (χ3v) is 4.44. The molecule has 0 saturated carbocycles. The lowest BCUT2D eigenvalue weighted by Crippen LogP contribution is -2.48. The fourth-order valence-corrected chi connectivity index (χ4v) is 3.10. The van der Waals surface area contributed by atoms with Crippen molar-refractivity contribution in [1.29, 1.82) is 0 Å². The number of hydrazine groups is 1. The van der Waals surface area contributed by atoms with E-state index in [1.165, 1.54) is 0 Å². The number of benzene rings is 3. The molecule has 1 N–H and O–H groups in total. The maximum absolute atomic E-state index is 12.8. The first-order valence-electron chi connectivity index (χ1n) is 8.71. The fourth-order valence-electron chi connectivity index (χ4n) is 3.10. The Labute approximate surface area is 153 Å². The molecule has 3 aromatic carbocycles. The van der Waals surface area contributed by atoms with Crippen molar-refractivity contribution in [1.82, 2.24) is 5.43 Å². The lowest BCUT2D eigenvalue weighted by Gasteiger charge is -2.26. The Balaban J connectivity index is 1.51. The second-order valence-electron chi connectivity index (χ2n) is 6.30. The molecule has 0 aromatic heterocycles. The molecule has 0 saturated heterocycles. The van der Waals surface area contributed by atoms with Gasteiger partial charge in [0.1, 0.15) is 5.75 Å². The van der Waals surface area contributed by atoms with Crippen LogP contribution in [0.2, 0.25) is 0 Å². The van der Waals surface area contributed by atoms with Crippen molar-refractivity contribution in [2.75, 3.05) is 5.01 Å². The summed E-state index contributed by atoms with van der Waals surface area (Å²) in [5, 5.41) is 1.87. The van der Waals surface area contributed by atoms with E-state index in [1.54, 1.807) is 0 Å². The predicted octanol–water partition coefficient (Wildman–Crippen LogP) is 3.73. The summed E-state index contributed by atoms with van der Waals surface area (Å²) in [6.07, 6.45) is 0.0880. The molecule has 130 valence electrons. The van der Waals surface area contributed by atoms with Crippen molar-refractivity contribution in [2.45, 2.75) is 19.1 Å². The zero-order valence-electron chi connectivity index (χ0n) is 14.3. The van der Waals surface area contributed by atoms with E-state index in [9.17, 15) is 4.79 Å². The summed E-state index contributed by atoms with van der Waals surface area (Å²) in [5.74, 6) is 0.656. The SMILES string of the molecule is O=C(NN(Cc1ccccc1)c1ccccc1)C1Cc2ccccc2O1. The summed E-state index contributed by atoms with van der Waals surface area (Å²) in [7, 11) is 0. The average Bonchev–Trinajstić information content (AvgIpc) is 3.13. The summed E-state index contributed by atoms with van der Waals surface area (Å²) < 4.78 is 5.82. The van der Waals surface area contributed by atoms with E-state index in [2.05, 4.69) is 5.43 Å². The summed E-state index contributed by atoms with van der Waals surface area (Å²) >= 11 is 0. The monoisotopic (exact) mass is 344 g/mol. The van der Waals surface area contributed by atoms with Gasteiger partial charge in [0.2, 0.25) is 0 Å². The van der Waals surface area contributed by atoms with Crippen molar-refractivity contribution >= 4 is 11.6 Å². The van der Waals surface area contributed by atoms with E-state index in [0.717, 1.165) is 22.6 Å². The van der Waals surface area contributed by atoms with Gasteiger partial charge >= 0.3 is 0 Å². The predicted molar refractivity (Wildman–Crippen MR) is 102 cm³/mol. The van der Waals surface area contributed by atoms with Gasteiger partial charge in [-0.2, -0.15) is 0 Å². The van der Waals surface area contributed by atoms with E-state index < -0.39 is 6.10 Å². The third-order valence-electron chi connectivity index (χ3n) is 4.44. The molecule has 3 aromatic rings. The number of ether oxygens (including phenoxy) is 1. The molecule has 0 fully saturated rings. The van der Waals surface area contributed by atoms with E-state index in [4.69, 9.17) is 4.74 Å². The fraction of sp³-hybridized carbons (Fsp3) is 0.136. The van der Waals surface area contributed by atoms with Crippen LogP contribution < -0.4 is 15.2 Å². The molecule has 1 atom stereocenters. The molecule has 1 amide bonds. The molecule has 4 rings (SSSR count). The summed E-state index contributed by atoms with van der Waals surface area (Å²) in [6, 6.07) is 27.7. The number of hydrogen-bond donors (Lipinski definition) is 1. The highest BCUT2D eigenvalue weighted by molar-refractivity contribution is 5.84. The van der Waals surface area contributed by atoms with Crippen LogP contribution in [0.25, 0.3) is 0 Å². The van der Waals surface area contributed by atoms with Crippen molar-refractivity contribution in [3.8, 4) is 5.75 Å². The molecule has 0 spiro atoms. The van der Waals surface area contributed by atoms with Gasteiger partial charge in [-0.25, -0.2) is 0 Å². The number of para-hydroxylation sites is 2. The molecule has 1 aliphatic heterocycles. The summed E-state index contributed by atoms with van der Waals surface area (Å²) in [6.45, 7) is 0.580. The van der Waals surface area contributed by atoms with Gasteiger partial charge in [-0.3, -0.25) is 15.2 Å². The van der Waals surface area contributed by atoms with Crippen molar-refractivity contribution in [3.05, 3.63) is 96.1 Å². The first kappa shape index (κ1) is 16.2. The first-order chi connectivity index (χ1) is 12.8. The Hall–Kier alpha value is -3.27. The number of amides is 1. The van der Waals surface area contributed by atoms with Crippen LogP contribution in [-0.2, 0) is 17.8 Å². The lowest BCUT2D eigenvalue weighted by molar-refractivity contribution is -0.127. The van der Waals surface area contributed by atoms with Gasteiger partial charge < -0.3 is 4.74 Å². The normalized spacial score (nSPS) is 15.0. The molecule has 4 heteroatoms. The minimum atomic E-state index is -0.505. The van der Waals surface area contributed by atoms with Crippen LogP contribution >= 0.6 is 0 Å². The van der Waals surface area contributed by atoms with Crippen LogP contribution in [0, 0.1) is 0 Å². The number of nitrogens with zero attached hydrogens (tertiary/aromatic N) is 1. The van der Waals surface area contributed by atoms with Gasteiger partial charge in [0.15, 0.2) is 6.10 Å². The quantitative estimate of drug-likeness (QED) is 0.717. The van der Waals surface area contributed by atoms with Crippen molar-refractivity contribution in [3.63, 3.8) is 0 Å². The van der Waals surface area contributed by atoms with Gasteiger partial charge in [-0.15, -0.1) is 0 Å². The van der Waals surface area contributed by atoms with Crippen molar-refractivity contribution < 1.29 is 9.53 Å². The van der Waals surface area contributed by atoms with E-state index in [0.29, 0.717) is 13.0 Å². The molecule has 0 radical (unpaired) electrons. The highest BCUT2D eigenvalue weighted by Gasteiger charge is 2.29. The highest BCUT2D eigenvalue weighted by Crippen LogP contribution is 2.28. The number of rotatable bonds is 5. The van der Waals surface area contributed by atoms with Crippen LogP contribution in [0.15, 0.2) is 84.9 Å². The van der Waals surface area contributed by atoms with Crippen LogP contribution in [0.5, 0.6) is 5.75 Å². The minimum Gasteiger partial charge on any atom is -0.480 e. The highest BCUT2D eigenvalue weighted by atomic mass is 16.5. The van der Waals surface area contributed by atoms with Crippen LogP contribution in [0.4, 0.5) is 5.69 Å². The Kier molecular flexibility index (Phi) is 4.56. The smallest absolute Gasteiger partial charge is 0.279 e. The Morgan fingerprint density at radius 2 is 1.58 bits per heavy atom. The average molecular weight is 344 g/mol. The van der Waals surface area contributed by atoms with Gasteiger partial charge in [0.05, 0.1) is 12.2 Å². The third kappa shape index (κ3) is 3.54. The Bertz CT molecular complexity index is 856. The molecule has 1 aliphatic rings. The number of anilines is 1. The Morgan fingerprint density at radius 1 is 0.923 bits per heavy atom. The van der Waals surface area contributed by atoms with Gasteiger partial charge in [-0.1, -0.05) is 66.7 Å². The molecular weight excluding hydrogens is 324 g/mol. The van der Waals surface area contributed by atoms with Crippen LogP contribution in [0.3, 0.4) is 0 Å². The van der Waals surface area contributed by atoms with Crippen LogP contribution in [-0.4, -0.2) is 12.0 Å². The zero-order valence-corrected chi connectivity index (χ0v) is 14.3. The molecule has 0 bridgehead atoms. The summed E-state index contributed by atoms with van der Waals surface area (Å²) in [5.41, 5.74) is 6.15. The lowest BCUT2D eigenvalue weighted by atomic mass is 10.1. The van der Waals surface area contributed by atoms with E-state index >= 15 is 0 Å². The second kappa shape index (κ2) is 7.31. The number of carbonyl (C=O) groups is 1. The number of fused-ring (bicyclic) bond motifs is 1. The number of hydrogen-bond acceptors (Lipinski definition) is 3. The van der Waals surface area contributed by atoms with Crippen LogP contribution in [0.1, 0.15) is 11.1 Å². The molecule has 1 unspecified atom stereocenters. The molecule has 26 heavy (non-hydrogen) atoms. The van der Waals surface area contributed by atoms with Gasteiger partial charge in [0, 0.05) is 6.42 Å². The second-order valence-corrected chi connectivity index (χ2v) is 6.30. The van der Waals surface area contributed by atoms with Gasteiger partial charge in [-0.05, 0) is 29.3 Å². The van der Waals surface area contributed by atoms with E-state index in [-0.39, 0.29) is 5.91 Å². The Morgan fingerprint density at radius 3 is 2.31 bits per heavy atom. The minimum absolute atomic E-state index is 0.138. The maximum Gasteiger partial charge on any atom is 0.279 e. The number of carbonyl (C=O) groups excluding carboxylic acids is 1. The summed E-state index contributed by atoms with van der Waals surface area (Å²) in [4.78, 5) is 12.8. The standard InChI is InChI=1S/C22H20N2O2/c25-22(21-15-18-11-7-8-14-20(18)26-21)23-24(19-12-5-2-6-13-19)16-17-9-3-1-4-10-17/h1-14,21H,15-16H2,(H,23,25). The van der Waals surface area contributed by atoms with E-state index in [1.807, 2.05) is 89.9 Å². The number of nitrogens with one attached hydrogen (secondary N) is 1. The topological polar surface area (TPSA) is 41.6 Å². The molecular formula is C22H20N2O2. The molecule has 0 aliphatic carbocycles.